The standard InChI is InChI=1S/C23H27N3O6S2/c1-24(14-21(27)25(2)18-10-8-17(9-11-18)23(29)30)22(28)20-12-19(33)13-26(20)34(31,32)15-16-6-4-3-5-7-16/h3-11,19-20,33H,12-15H2,1-2H3,(H,29,30)/t19-,20+/m1/s1. The molecule has 182 valence electrons. The number of likely N-dealkylation sites (N-methyl/N-ethyl adjacent to an activating group) is 2. The van der Waals surface area contributed by atoms with Gasteiger partial charge in [-0.25, -0.2) is 13.2 Å². The second-order valence-electron chi connectivity index (χ2n) is 8.22. The van der Waals surface area contributed by atoms with E-state index >= 15 is 0 Å². The summed E-state index contributed by atoms with van der Waals surface area (Å²) in [5.41, 5.74) is 1.19. The number of hydrogen-bond donors (Lipinski definition) is 2. The van der Waals surface area contributed by atoms with E-state index in [0.29, 0.717) is 11.3 Å². The second kappa shape index (κ2) is 10.6. The van der Waals surface area contributed by atoms with Crippen LogP contribution in [0.5, 0.6) is 0 Å². The van der Waals surface area contributed by atoms with E-state index in [2.05, 4.69) is 12.6 Å². The van der Waals surface area contributed by atoms with Gasteiger partial charge in [-0.15, -0.1) is 0 Å². The number of anilines is 1. The number of nitrogens with zero attached hydrogens (tertiary/aromatic N) is 3. The molecule has 0 aliphatic carbocycles. The maximum Gasteiger partial charge on any atom is 0.335 e. The average Bonchev–Trinajstić information content (AvgIpc) is 3.21. The van der Waals surface area contributed by atoms with Crippen LogP contribution in [0.3, 0.4) is 0 Å². The number of aromatic carboxylic acids is 1. The number of carbonyl (C=O) groups excluding carboxylic acids is 2. The molecule has 0 spiro atoms. The maximum atomic E-state index is 13.2. The Balaban J connectivity index is 1.69. The molecule has 2 aromatic carbocycles. The highest BCUT2D eigenvalue weighted by molar-refractivity contribution is 7.88. The summed E-state index contributed by atoms with van der Waals surface area (Å²) >= 11 is 4.41. The smallest absolute Gasteiger partial charge is 0.335 e. The summed E-state index contributed by atoms with van der Waals surface area (Å²) in [5, 5.41) is 8.72. The van der Waals surface area contributed by atoms with Gasteiger partial charge in [-0.2, -0.15) is 16.9 Å². The van der Waals surface area contributed by atoms with Crippen LogP contribution in [-0.4, -0.2) is 79.0 Å². The van der Waals surface area contributed by atoms with Gasteiger partial charge in [-0.05, 0) is 36.2 Å². The molecule has 0 saturated carbocycles. The van der Waals surface area contributed by atoms with Crippen molar-refractivity contribution in [3.63, 3.8) is 0 Å². The molecule has 1 heterocycles. The van der Waals surface area contributed by atoms with Gasteiger partial charge in [0.2, 0.25) is 21.8 Å². The molecular weight excluding hydrogens is 478 g/mol. The topological polar surface area (TPSA) is 115 Å². The molecular formula is C23H27N3O6S2. The molecule has 0 radical (unpaired) electrons. The Morgan fingerprint density at radius 1 is 1.06 bits per heavy atom. The number of carboxylic acids is 1. The van der Waals surface area contributed by atoms with E-state index in [-0.39, 0.29) is 36.1 Å². The third kappa shape index (κ3) is 5.96. The predicted octanol–water partition coefficient (Wildman–Crippen LogP) is 1.71. The number of hydrogen-bond acceptors (Lipinski definition) is 6. The zero-order valence-corrected chi connectivity index (χ0v) is 20.6. The van der Waals surface area contributed by atoms with Crippen LogP contribution in [0, 0.1) is 0 Å². The third-order valence-corrected chi connectivity index (χ3v) is 7.88. The van der Waals surface area contributed by atoms with Crippen LogP contribution in [0.4, 0.5) is 5.69 Å². The summed E-state index contributed by atoms with van der Waals surface area (Å²) in [6.45, 7) is -0.150. The normalized spacial score (nSPS) is 18.4. The first-order valence-corrected chi connectivity index (χ1v) is 12.7. The van der Waals surface area contributed by atoms with Gasteiger partial charge in [-0.3, -0.25) is 9.59 Å². The highest BCUT2D eigenvalue weighted by Crippen LogP contribution is 2.28. The molecule has 1 fully saturated rings. The lowest BCUT2D eigenvalue weighted by Crippen LogP contribution is -2.49. The Labute approximate surface area is 204 Å². The Hall–Kier alpha value is -2.89. The summed E-state index contributed by atoms with van der Waals surface area (Å²) in [7, 11) is -0.805. The quantitative estimate of drug-likeness (QED) is 0.528. The van der Waals surface area contributed by atoms with Crippen molar-refractivity contribution >= 4 is 46.1 Å². The van der Waals surface area contributed by atoms with Crippen LogP contribution in [0.15, 0.2) is 54.6 Å². The van der Waals surface area contributed by atoms with Gasteiger partial charge in [0.1, 0.15) is 6.04 Å². The van der Waals surface area contributed by atoms with Crippen molar-refractivity contribution < 1.29 is 27.9 Å². The molecule has 2 atom stereocenters. The SMILES string of the molecule is CN(CC(=O)N(C)c1ccc(C(=O)O)cc1)C(=O)[C@@H]1C[C@@H](S)CN1S(=O)(=O)Cc1ccccc1. The second-order valence-corrected chi connectivity index (χ2v) is 10.9. The van der Waals surface area contributed by atoms with E-state index in [4.69, 9.17) is 5.11 Å². The summed E-state index contributed by atoms with van der Waals surface area (Å²) in [5.74, 6) is -2.18. The first-order chi connectivity index (χ1) is 16.0. The molecule has 0 bridgehead atoms. The first kappa shape index (κ1) is 25.7. The predicted molar refractivity (Wildman–Crippen MR) is 131 cm³/mol. The van der Waals surface area contributed by atoms with Crippen LogP contribution in [-0.2, 0) is 25.4 Å². The van der Waals surface area contributed by atoms with Gasteiger partial charge in [0.15, 0.2) is 0 Å². The lowest BCUT2D eigenvalue weighted by molar-refractivity contribution is -0.136. The first-order valence-electron chi connectivity index (χ1n) is 10.6. The molecule has 3 rings (SSSR count). The summed E-state index contributed by atoms with van der Waals surface area (Å²) in [6.07, 6.45) is 0.251. The van der Waals surface area contributed by atoms with Gasteiger partial charge < -0.3 is 14.9 Å². The maximum absolute atomic E-state index is 13.2. The number of carbonyl (C=O) groups is 3. The fourth-order valence-corrected chi connectivity index (χ4v) is 6.03. The van der Waals surface area contributed by atoms with Gasteiger partial charge >= 0.3 is 5.97 Å². The van der Waals surface area contributed by atoms with Crippen molar-refractivity contribution in [2.45, 2.75) is 23.5 Å². The van der Waals surface area contributed by atoms with E-state index in [9.17, 15) is 22.8 Å². The minimum atomic E-state index is -3.78. The molecule has 1 aliphatic rings. The fourth-order valence-electron chi connectivity index (χ4n) is 3.80. The molecule has 0 aromatic heterocycles. The number of rotatable bonds is 8. The summed E-state index contributed by atoms with van der Waals surface area (Å²) in [4.78, 5) is 39.4. The van der Waals surface area contributed by atoms with Crippen molar-refractivity contribution in [1.82, 2.24) is 9.21 Å². The fraction of sp³-hybridized carbons (Fsp3) is 0.348. The minimum absolute atomic E-state index is 0.0937. The minimum Gasteiger partial charge on any atom is -0.478 e. The van der Waals surface area contributed by atoms with Gasteiger partial charge in [0.05, 0.1) is 17.9 Å². The number of carboxylic acid groups (broad SMARTS) is 1. The van der Waals surface area contributed by atoms with Gasteiger partial charge in [0.25, 0.3) is 0 Å². The van der Waals surface area contributed by atoms with Gasteiger partial charge in [-0.1, -0.05) is 30.3 Å². The number of amides is 2. The van der Waals surface area contributed by atoms with Crippen molar-refractivity contribution in [3.05, 3.63) is 65.7 Å². The van der Waals surface area contributed by atoms with E-state index in [1.54, 1.807) is 30.3 Å². The third-order valence-electron chi connectivity index (χ3n) is 5.69. The Kier molecular flexibility index (Phi) is 8.01. The number of benzene rings is 2. The molecule has 1 aliphatic heterocycles. The van der Waals surface area contributed by atoms with Crippen LogP contribution < -0.4 is 4.90 Å². The van der Waals surface area contributed by atoms with Crippen LogP contribution in [0.2, 0.25) is 0 Å². The van der Waals surface area contributed by atoms with Crippen LogP contribution in [0.1, 0.15) is 22.3 Å². The number of sulfonamides is 1. The molecule has 2 amide bonds. The summed E-state index contributed by atoms with van der Waals surface area (Å²) in [6, 6.07) is 13.6. The number of thiol groups is 1. The molecule has 34 heavy (non-hydrogen) atoms. The zero-order valence-electron chi connectivity index (χ0n) is 18.9. The monoisotopic (exact) mass is 505 g/mol. The Morgan fingerprint density at radius 3 is 2.26 bits per heavy atom. The van der Waals surface area contributed by atoms with Gasteiger partial charge in [0, 0.05) is 31.6 Å². The van der Waals surface area contributed by atoms with E-state index < -0.39 is 33.8 Å². The zero-order chi connectivity index (χ0) is 25.0. The van der Waals surface area contributed by atoms with Crippen molar-refractivity contribution in [2.75, 3.05) is 32.1 Å². The molecule has 9 nitrogen and oxygen atoms in total. The van der Waals surface area contributed by atoms with Crippen LogP contribution in [0.25, 0.3) is 0 Å². The molecule has 1 saturated heterocycles. The lowest BCUT2D eigenvalue weighted by atomic mass is 10.2. The molecule has 0 unspecified atom stereocenters. The lowest BCUT2D eigenvalue weighted by Gasteiger charge is -2.28. The average molecular weight is 506 g/mol. The largest absolute Gasteiger partial charge is 0.478 e. The highest BCUT2D eigenvalue weighted by atomic mass is 32.2. The summed E-state index contributed by atoms with van der Waals surface area (Å²) < 4.78 is 27.4. The van der Waals surface area contributed by atoms with Crippen molar-refractivity contribution in [1.29, 1.82) is 0 Å². The van der Waals surface area contributed by atoms with E-state index in [0.717, 1.165) is 0 Å². The molecule has 1 N–H and O–H groups in total. The Morgan fingerprint density at radius 2 is 1.68 bits per heavy atom. The molecule has 2 aromatic rings. The van der Waals surface area contributed by atoms with Crippen molar-refractivity contribution in [3.8, 4) is 0 Å². The highest BCUT2D eigenvalue weighted by Gasteiger charge is 2.43. The van der Waals surface area contributed by atoms with Crippen molar-refractivity contribution in [2.24, 2.45) is 0 Å². The Bertz CT molecular complexity index is 1150. The van der Waals surface area contributed by atoms with E-state index in [1.807, 2.05) is 0 Å². The van der Waals surface area contributed by atoms with E-state index in [1.165, 1.54) is 52.5 Å². The van der Waals surface area contributed by atoms with Crippen LogP contribution >= 0.6 is 12.6 Å². The molecule has 11 heteroatoms.